The van der Waals surface area contributed by atoms with E-state index in [1.54, 1.807) is 0 Å². The lowest BCUT2D eigenvalue weighted by molar-refractivity contribution is -0.302. The molecule has 0 saturated heterocycles. The van der Waals surface area contributed by atoms with Crippen LogP contribution in [0.4, 0.5) is 0 Å². The highest BCUT2D eigenvalue weighted by molar-refractivity contribution is 5.31. The van der Waals surface area contributed by atoms with Gasteiger partial charge in [0.15, 0.2) is 0 Å². The van der Waals surface area contributed by atoms with E-state index < -0.39 is 0 Å². The van der Waals surface area contributed by atoms with Gasteiger partial charge in [-0.15, -0.1) is 0 Å². The fraction of sp³-hybridized carbons (Fsp3) is 1.00. The van der Waals surface area contributed by atoms with Crippen LogP contribution in [-0.2, 0) is 0 Å². The highest BCUT2D eigenvalue weighted by Gasteiger charge is 2.84. The first-order valence-corrected chi connectivity index (χ1v) is 17.6. The van der Waals surface area contributed by atoms with Crippen molar-refractivity contribution in [2.24, 2.45) is 104 Å². The summed E-state index contributed by atoms with van der Waals surface area (Å²) in [7, 11) is 0. The molecular formula is C38H64. The summed E-state index contributed by atoms with van der Waals surface area (Å²) >= 11 is 0. The molecule has 0 aromatic heterocycles. The molecular weight excluding hydrogens is 456 g/mol. The van der Waals surface area contributed by atoms with Gasteiger partial charge in [0.2, 0.25) is 0 Å². The lowest BCUT2D eigenvalue weighted by Crippen LogP contribution is -2.73. The number of hydrogen-bond donors (Lipinski definition) is 0. The third-order valence-electron chi connectivity index (χ3n) is 19.1. The summed E-state index contributed by atoms with van der Waals surface area (Å²) in [5.41, 5.74) is 3.12. The maximum atomic E-state index is 2.90. The molecule has 16 unspecified atom stereocenters. The van der Waals surface area contributed by atoms with Crippen LogP contribution >= 0.6 is 0 Å². The summed E-state index contributed by atoms with van der Waals surface area (Å²) in [6.45, 7) is 33.4. The van der Waals surface area contributed by atoms with E-state index >= 15 is 0 Å². The zero-order chi connectivity index (χ0) is 27.6. The van der Waals surface area contributed by atoms with E-state index in [2.05, 4.69) is 83.1 Å². The molecule has 0 N–H and O–H groups in total. The SMILES string of the molecule is CCC1C2C(C)C3C(C)C4C3(C)C3CC4(C)C(C)(C)C3C3CC(C)(C3C)C2(C)C(C)CCC1(C)C1CCC1. The maximum absolute atomic E-state index is 2.90. The van der Waals surface area contributed by atoms with Crippen molar-refractivity contribution in [3.63, 3.8) is 0 Å². The van der Waals surface area contributed by atoms with Crippen molar-refractivity contribution in [3.05, 3.63) is 0 Å². The maximum Gasteiger partial charge on any atom is -0.0210 e. The van der Waals surface area contributed by atoms with Crippen LogP contribution in [0.2, 0.25) is 0 Å². The minimum atomic E-state index is 0.453. The second kappa shape index (κ2) is 7.49. The Kier molecular flexibility index (Phi) is 5.30. The first-order valence-electron chi connectivity index (χ1n) is 17.6. The quantitative estimate of drug-likeness (QED) is 0.339. The molecule has 4 bridgehead atoms. The van der Waals surface area contributed by atoms with Crippen molar-refractivity contribution in [2.75, 3.05) is 0 Å². The average Bonchev–Trinajstić information content (AvgIpc) is 3.10. The fourth-order valence-electron chi connectivity index (χ4n) is 16.8. The number of fused-ring (bicyclic) bond motifs is 2. The molecule has 0 spiro atoms. The van der Waals surface area contributed by atoms with Crippen molar-refractivity contribution < 1.29 is 0 Å². The van der Waals surface area contributed by atoms with Gasteiger partial charge >= 0.3 is 0 Å². The van der Waals surface area contributed by atoms with Crippen molar-refractivity contribution in [2.45, 2.75) is 134 Å². The summed E-state index contributed by atoms with van der Waals surface area (Å²) in [4.78, 5) is 0. The van der Waals surface area contributed by atoms with Crippen LogP contribution in [0.5, 0.6) is 0 Å². The van der Waals surface area contributed by atoms with Gasteiger partial charge in [0.1, 0.15) is 0 Å². The summed E-state index contributed by atoms with van der Waals surface area (Å²) in [5, 5.41) is 0. The molecule has 0 heteroatoms. The summed E-state index contributed by atoms with van der Waals surface area (Å²) < 4.78 is 0. The standard InChI is InChI=1S/C38H64/c1-13-27-30-22(3)29-23(4)32-36(10)20-28(37(29,32)11)31(33(36,6)7)26-19-35(9,24(26)5)38(30,12)21(2)17-18-34(27,8)25-15-14-16-25/h21-32H,13-20H2,1-12H3. The third-order valence-corrected chi connectivity index (χ3v) is 19.1. The van der Waals surface area contributed by atoms with E-state index in [9.17, 15) is 0 Å². The van der Waals surface area contributed by atoms with Crippen LogP contribution in [0.1, 0.15) is 134 Å². The molecule has 0 amide bonds. The normalized spacial score (nSPS) is 66.2. The summed E-state index contributed by atoms with van der Waals surface area (Å²) in [6, 6.07) is 0. The monoisotopic (exact) mass is 521 g/mol. The highest BCUT2D eigenvalue weighted by atomic mass is 14.9. The average molecular weight is 521 g/mol. The summed E-state index contributed by atoms with van der Waals surface area (Å²) in [6.07, 6.45) is 12.0. The van der Waals surface area contributed by atoms with E-state index in [4.69, 9.17) is 0 Å². The molecule has 8 aliphatic rings. The molecule has 0 aliphatic heterocycles. The first-order chi connectivity index (χ1) is 17.6. The van der Waals surface area contributed by atoms with Gasteiger partial charge in [-0.2, -0.15) is 0 Å². The van der Waals surface area contributed by atoms with Crippen LogP contribution in [-0.4, -0.2) is 0 Å². The molecule has 0 radical (unpaired) electrons. The minimum Gasteiger partial charge on any atom is -0.0651 e. The largest absolute Gasteiger partial charge is 0.0651 e. The Bertz CT molecular complexity index is 1000. The number of rotatable bonds is 2. The molecule has 8 fully saturated rings. The molecule has 8 aliphatic carbocycles. The topological polar surface area (TPSA) is 0 Å². The molecule has 8 saturated carbocycles. The molecule has 0 aromatic carbocycles. The van der Waals surface area contributed by atoms with Crippen LogP contribution in [0.15, 0.2) is 0 Å². The predicted octanol–water partition coefficient (Wildman–Crippen LogP) is 10.8. The lowest BCUT2D eigenvalue weighted by atomic mass is 9.27. The van der Waals surface area contributed by atoms with Crippen LogP contribution in [0.3, 0.4) is 0 Å². The second-order valence-corrected chi connectivity index (χ2v) is 19.0. The predicted molar refractivity (Wildman–Crippen MR) is 162 cm³/mol. The third kappa shape index (κ3) is 2.46. The zero-order valence-corrected chi connectivity index (χ0v) is 27.6. The van der Waals surface area contributed by atoms with Crippen LogP contribution in [0, 0.1) is 104 Å². The van der Waals surface area contributed by atoms with E-state index in [1.165, 1.54) is 51.4 Å². The zero-order valence-electron chi connectivity index (χ0n) is 27.6. The van der Waals surface area contributed by atoms with Gasteiger partial charge in [-0.05, 0) is 142 Å². The van der Waals surface area contributed by atoms with Gasteiger partial charge in [-0.3, -0.25) is 0 Å². The van der Waals surface area contributed by atoms with E-state index in [0.29, 0.717) is 32.5 Å². The molecule has 8 rings (SSSR count). The highest BCUT2D eigenvalue weighted by Crippen LogP contribution is 2.89. The summed E-state index contributed by atoms with van der Waals surface area (Å²) in [5.74, 6) is 11.0. The Morgan fingerprint density at radius 3 is 1.92 bits per heavy atom. The van der Waals surface area contributed by atoms with Crippen molar-refractivity contribution >= 4 is 0 Å². The Hall–Kier alpha value is 0. The van der Waals surface area contributed by atoms with Gasteiger partial charge in [0, 0.05) is 0 Å². The Morgan fingerprint density at radius 2 is 1.37 bits per heavy atom. The smallest absolute Gasteiger partial charge is 0.0210 e. The Labute approximate surface area is 237 Å². The lowest BCUT2D eigenvalue weighted by Gasteiger charge is -2.77. The minimum absolute atomic E-state index is 0.453. The number of hydrogen-bond acceptors (Lipinski definition) is 0. The van der Waals surface area contributed by atoms with Gasteiger partial charge in [-0.25, -0.2) is 0 Å². The van der Waals surface area contributed by atoms with Crippen molar-refractivity contribution in [1.82, 2.24) is 0 Å². The molecule has 216 valence electrons. The Balaban J connectivity index is 1.44. The van der Waals surface area contributed by atoms with E-state index in [0.717, 1.165) is 71.0 Å². The molecule has 0 heterocycles. The molecule has 0 aromatic rings. The Morgan fingerprint density at radius 1 is 0.711 bits per heavy atom. The van der Waals surface area contributed by atoms with Crippen molar-refractivity contribution in [3.8, 4) is 0 Å². The van der Waals surface area contributed by atoms with E-state index in [1.807, 2.05) is 0 Å². The van der Waals surface area contributed by atoms with Gasteiger partial charge in [0.25, 0.3) is 0 Å². The van der Waals surface area contributed by atoms with Crippen LogP contribution in [0.25, 0.3) is 0 Å². The van der Waals surface area contributed by atoms with Gasteiger partial charge in [-0.1, -0.05) is 95.9 Å². The van der Waals surface area contributed by atoms with Crippen LogP contribution < -0.4 is 0 Å². The fourth-order valence-corrected chi connectivity index (χ4v) is 16.8. The van der Waals surface area contributed by atoms with Gasteiger partial charge < -0.3 is 0 Å². The van der Waals surface area contributed by atoms with Crippen molar-refractivity contribution in [1.29, 1.82) is 0 Å². The molecule has 16 atom stereocenters. The molecule has 38 heavy (non-hydrogen) atoms. The first kappa shape index (κ1) is 26.9. The van der Waals surface area contributed by atoms with Gasteiger partial charge in [0.05, 0.1) is 0 Å². The molecule has 0 nitrogen and oxygen atoms in total. The second-order valence-electron chi connectivity index (χ2n) is 19.0. The van der Waals surface area contributed by atoms with E-state index in [-0.39, 0.29) is 0 Å².